The summed E-state index contributed by atoms with van der Waals surface area (Å²) in [5.41, 5.74) is 4.19. The number of nitrogens with zero attached hydrogens (tertiary/aromatic N) is 2. The normalized spacial score (nSPS) is 13.1. The number of aromatic nitrogens is 2. The van der Waals surface area contributed by atoms with Gasteiger partial charge < -0.3 is 5.32 Å². The van der Waals surface area contributed by atoms with Gasteiger partial charge in [-0.1, -0.05) is 52.6 Å². The molecule has 0 fully saturated rings. The molecule has 2 aromatic carbocycles. The molecule has 0 unspecified atom stereocenters. The van der Waals surface area contributed by atoms with Crippen molar-refractivity contribution in [2.24, 2.45) is 0 Å². The maximum atomic E-state index is 13.9. The van der Waals surface area contributed by atoms with Crippen molar-refractivity contribution in [2.75, 3.05) is 11.1 Å². The molecule has 0 aliphatic heterocycles. The number of hydrogen-bond donors (Lipinski definition) is 1. The van der Waals surface area contributed by atoms with Gasteiger partial charge in [-0.25, -0.2) is 4.98 Å². The first-order chi connectivity index (χ1) is 17.2. The predicted octanol–water partition coefficient (Wildman–Crippen LogP) is 7.63. The number of nitrogens with one attached hydrogen (secondary N) is 1. The molecule has 5 nitrogen and oxygen atoms in total. The van der Waals surface area contributed by atoms with Crippen molar-refractivity contribution in [3.8, 4) is 5.69 Å². The Morgan fingerprint density at radius 2 is 1.72 bits per heavy atom. The molecule has 5 rings (SSSR count). The standard InChI is InChI=1S/C26H22Cl3N3O2S2/c1-13-7-14(2)9-16(8-13)32-25(34)22-17-5-3-4-6-20(17)36-24(22)31-26(32)35-12-21(33)30-23-18(28)10-15(27)11-19(23)29/h7-11H,3-6,12H2,1-2H3,(H,30,33). The molecule has 1 aliphatic rings. The van der Waals surface area contributed by atoms with E-state index in [0.29, 0.717) is 21.3 Å². The summed E-state index contributed by atoms with van der Waals surface area (Å²) in [4.78, 5) is 33.7. The van der Waals surface area contributed by atoms with Crippen LogP contribution in [0.2, 0.25) is 15.1 Å². The number of thiophene rings is 1. The van der Waals surface area contributed by atoms with Gasteiger partial charge in [0.2, 0.25) is 5.91 Å². The molecule has 0 saturated heterocycles. The number of fused-ring (bicyclic) bond motifs is 3. The molecule has 0 saturated carbocycles. The highest BCUT2D eigenvalue weighted by atomic mass is 35.5. The van der Waals surface area contributed by atoms with Gasteiger partial charge in [0.1, 0.15) is 4.83 Å². The highest BCUT2D eigenvalue weighted by Crippen LogP contribution is 2.36. The average Bonchev–Trinajstić information content (AvgIpc) is 3.18. The third-order valence-corrected chi connectivity index (χ3v) is 8.97. The number of carbonyl (C=O) groups excluding carboxylic acids is 1. The number of carbonyl (C=O) groups is 1. The lowest BCUT2D eigenvalue weighted by Crippen LogP contribution is -2.23. The number of aryl methyl sites for hydroxylation is 4. The zero-order valence-corrected chi connectivity index (χ0v) is 23.5. The quantitative estimate of drug-likeness (QED) is 0.195. The summed E-state index contributed by atoms with van der Waals surface area (Å²) in [5, 5.41) is 4.82. The molecule has 1 N–H and O–H groups in total. The van der Waals surface area contributed by atoms with Gasteiger partial charge in [0, 0.05) is 9.90 Å². The Morgan fingerprint density at radius 1 is 1.06 bits per heavy atom. The second kappa shape index (κ2) is 10.4. The minimum Gasteiger partial charge on any atom is -0.323 e. The summed E-state index contributed by atoms with van der Waals surface area (Å²) >= 11 is 21.2. The van der Waals surface area contributed by atoms with E-state index in [9.17, 15) is 9.59 Å². The van der Waals surface area contributed by atoms with Gasteiger partial charge in [0.25, 0.3) is 5.56 Å². The first kappa shape index (κ1) is 25.6. The lowest BCUT2D eigenvalue weighted by Gasteiger charge is -2.15. The van der Waals surface area contributed by atoms with Crippen molar-refractivity contribution in [3.05, 3.63) is 77.3 Å². The average molecular weight is 579 g/mol. The van der Waals surface area contributed by atoms with Crippen LogP contribution in [0.15, 0.2) is 40.3 Å². The summed E-state index contributed by atoms with van der Waals surface area (Å²) in [6.07, 6.45) is 4.08. The summed E-state index contributed by atoms with van der Waals surface area (Å²) in [7, 11) is 0. The molecule has 0 radical (unpaired) electrons. The van der Waals surface area contributed by atoms with Crippen molar-refractivity contribution in [2.45, 2.75) is 44.7 Å². The Bertz CT molecular complexity index is 1540. The SMILES string of the molecule is Cc1cc(C)cc(-n2c(SCC(=O)Nc3c(Cl)cc(Cl)cc3Cl)nc3sc4c(c3c2=O)CCCC4)c1. The molecule has 0 spiro atoms. The molecule has 2 heterocycles. The van der Waals surface area contributed by atoms with E-state index in [-0.39, 0.29) is 27.3 Å². The first-order valence-corrected chi connectivity index (χ1v) is 14.4. The number of amides is 1. The smallest absolute Gasteiger partial charge is 0.267 e. The van der Waals surface area contributed by atoms with Gasteiger partial charge >= 0.3 is 0 Å². The maximum Gasteiger partial charge on any atom is 0.267 e. The number of thioether (sulfide) groups is 1. The minimum absolute atomic E-state index is 0.0170. The van der Waals surface area contributed by atoms with Crippen LogP contribution in [0.25, 0.3) is 15.9 Å². The van der Waals surface area contributed by atoms with Crippen LogP contribution in [-0.4, -0.2) is 21.2 Å². The van der Waals surface area contributed by atoms with E-state index in [4.69, 9.17) is 39.8 Å². The molecule has 186 valence electrons. The molecular weight excluding hydrogens is 557 g/mol. The highest BCUT2D eigenvalue weighted by molar-refractivity contribution is 7.99. The monoisotopic (exact) mass is 577 g/mol. The maximum absolute atomic E-state index is 13.9. The van der Waals surface area contributed by atoms with E-state index < -0.39 is 0 Å². The Labute approximate surface area is 231 Å². The Balaban J connectivity index is 1.54. The molecule has 0 bridgehead atoms. The molecule has 10 heteroatoms. The topological polar surface area (TPSA) is 64.0 Å². The fourth-order valence-corrected chi connectivity index (χ4v) is 7.58. The van der Waals surface area contributed by atoms with Gasteiger partial charge in [-0.3, -0.25) is 14.2 Å². The number of benzene rings is 2. The van der Waals surface area contributed by atoms with E-state index in [1.54, 1.807) is 15.9 Å². The molecule has 36 heavy (non-hydrogen) atoms. The van der Waals surface area contributed by atoms with Crippen molar-refractivity contribution < 1.29 is 4.79 Å². The third-order valence-electron chi connectivity index (χ3n) is 6.03. The van der Waals surface area contributed by atoms with E-state index in [2.05, 4.69) is 11.4 Å². The predicted molar refractivity (Wildman–Crippen MR) is 152 cm³/mol. The van der Waals surface area contributed by atoms with Gasteiger partial charge in [0.15, 0.2) is 5.16 Å². The fourth-order valence-electron chi connectivity index (χ4n) is 4.56. The highest BCUT2D eigenvalue weighted by Gasteiger charge is 2.23. The second-order valence-electron chi connectivity index (χ2n) is 8.85. The number of rotatable bonds is 5. The van der Waals surface area contributed by atoms with Gasteiger partial charge in [-0.2, -0.15) is 0 Å². The van der Waals surface area contributed by atoms with Crippen molar-refractivity contribution in [3.63, 3.8) is 0 Å². The Hall–Kier alpha value is -2.03. The summed E-state index contributed by atoms with van der Waals surface area (Å²) < 4.78 is 1.64. The molecule has 1 amide bonds. The van der Waals surface area contributed by atoms with Crippen LogP contribution < -0.4 is 10.9 Å². The van der Waals surface area contributed by atoms with Crippen LogP contribution >= 0.6 is 57.9 Å². The zero-order chi connectivity index (χ0) is 25.6. The van der Waals surface area contributed by atoms with Crippen molar-refractivity contribution in [1.29, 1.82) is 0 Å². The Kier molecular flexibility index (Phi) is 7.39. The summed E-state index contributed by atoms with van der Waals surface area (Å²) in [5.74, 6) is -0.304. The van der Waals surface area contributed by atoms with Crippen molar-refractivity contribution in [1.82, 2.24) is 9.55 Å². The van der Waals surface area contributed by atoms with Crippen molar-refractivity contribution >= 4 is 79.7 Å². The minimum atomic E-state index is -0.321. The fraction of sp³-hybridized carbons (Fsp3) is 0.269. The third kappa shape index (κ3) is 5.04. The first-order valence-electron chi connectivity index (χ1n) is 11.4. The molecule has 4 aromatic rings. The lowest BCUT2D eigenvalue weighted by molar-refractivity contribution is -0.113. The molecule has 2 aromatic heterocycles. The van der Waals surface area contributed by atoms with Crippen LogP contribution in [0.1, 0.15) is 34.4 Å². The lowest BCUT2D eigenvalue weighted by atomic mass is 9.97. The number of anilines is 1. The summed E-state index contributed by atoms with van der Waals surface area (Å²) in [6, 6.07) is 9.04. The van der Waals surface area contributed by atoms with E-state index in [0.717, 1.165) is 52.9 Å². The number of hydrogen-bond acceptors (Lipinski definition) is 5. The van der Waals surface area contributed by atoms with Crippen LogP contribution in [0.4, 0.5) is 5.69 Å². The van der Waals surface area contributed by atoms with Crippen LogP contribution in [0.3, 0.4) is 0 Å². The second-order valence-corrected chi connectivity index (χ2v) is 12.1. The van der Waals surface area contributed by atoms with Gasteiger partial charge in [0.05, 0.1) is 32.6 Å². The van der Waals surface area contributed by atoms with Crippen LogP contribution in [0.5, 0.6) is 0 Å². The van der Waals surface area contributed by atoms with E-state index in [1.165, 1.54) is 28.8 Å². The van der Waals surface area contributed by atoms with Gasteiger partial charge in [-0.15, -0.1) is 11.3 Å². The molecular formula is C26H22Cl3N3O2S2. The van der Waals surface area contributed by atoms with Crippen LogP contribution in [-0.2, 0) is 17.6 Å². The molecule has 1 aliphatic carbocycles. The van der Waals surface area contributed by atoms with E-state index in [1.807, 2.05) is 26.0 Å². The summed E-state index contributed by atoms with van der Waals surface area (Å²) in [6.45, 7) is 4.00. The van der Waals surface area contributed by atoms with Crippen LogP contribution in [0, 0.1) is 13.8 Å². The zero-order valence-electron chi connectivity index (χ0n) is 19.6. The largest absolute Gasteiger partial charge is 0.323 e. The van der Waals surface area contributed by atoms with E-state index >= 15 is 0 Å². The number of halogens is 3. The molecule has 0 atom stereocenters. The Morgan fingerprint density at radius 3 is 2.42 bits per heavy atom. The van der Waals surface area contributed by atoms with Gasteiger partial charge in [-0.05, 0) is 80.5 Å².